The predicted octanol–water partition coefficient (Wildman–Crippen LogP) is 2.49. The molecule has 884 valence electrons. The van der Waals surface area contributed by atoms with E-state index in [1.807, 2.05) is 0 Å². The van der Waals surface area contributed by atoms with Gasteiger partial charge in [-0.2, -0.15) is 0 Å². The highest BCUT2D eigenvalue weighted by atomic mass is 16.7. The molecular formula is C98H187NO50. The first-order chi connectivity index (χ1) is 74.1. The second kappa shape index (κ2) is 133. The number of nitrogens with zero attached hydrogens (tertiary/aromatic N) is 1. The van der Waals surface area contributed by atoms with Gasteiger partial charge < -0.3 is 223 Å². The minimum atomic E-state index is -0.937. The van der Waals surface area contributed by atoms with E-state index >= 15 is 0 Å². The number of non-ortho nitro benzene ring substituents is 1. The van der Waals surface area contributed by atoms with Crippen LogP contribution >= 0.6 is 0 Å². The monoisotopic (exact) mass is 2180 g/mol. The fourth-order valence-corrected chi connectivity index (χ4v) is 10.6. The Bertz CT molecular complexity index is 2440. The topological polar surface area (TPSA) is 494 Å². The van der Waals surface area contributed by atoms with E-state index in [2.05, 4.69) is 0 Å². The first-order valence-electron chi connectivity index (χ1n) is 52.1. The van der Waals surface area contributed by atoms with Crippen molar-refractivity contribution in [3.8, 4) is 5.75 Å². The zero-order valence-electron chi connectivity index (χ0n) is 89.3. The molecule has 0 saturated carbocycles. The summed E-state index contributed by atoms with van der Waals surface area (Å²) in [6.45, 7) is 41.5. The number of ether oxygens (including phenoxy) is 47. The minimum absolute atomic E-state index is 0.0216. The van der Waals surface area contributed by atoms with Crippen LogP contribution in [0.15, 0.2) is 24.3 Å². The predicted molar refractivity (Wildman–Crippen MR) is 533 cm³/mol. The molecule has 0 aromatic heterocycles. The van der Waals surface area contributed by atoms with Crippen molar-refractivity contribution >= 4 is 11.8 Å². The normalized spacial score (nSPS) is 11.7. The summed E-state index contributed by atoms with van der Waals surface area (Å²) in [7, 11) is 1.64. The van der Waals surface area contributed by atoms with Crippen molar-refractivity contribution in [2.24, 2.45) is 0 Å². The summed E-state index contributed by atoms with van der Waals surface area (Å²) in [4.78, 5) is 21.8. The number of hydrogen-bond donors (Lipinski definition) is 0. The van der Waals surface area contributed by atoms with Crippen LogP contribution in [0.4, 0.5) is 10.5 Å². The molecule has 0 aliphatic rings. The number of rotatable bonds is 137. The third-order valence-electron chi connectivity index (χ3n) is 18.1. The number of methoxy groups -OCH3 is 1. The zero-order valence-corrected chi connectivity index (χ0v) is 89.3. The van der Waals surface area contributed by atoms with Gasteiger partial charge in [0.05, 0.1) is 593 Å². The first-order valence-corrected chi connectivity index (χ1v) is 52.1. The highest BCUT2D eigenvalue weighted by molar-refractivity contribution is 5.64. The van der Waals surface area contributed by atoms with E-state index in [4.69, 9.17) is 223 Å². The van der Waals surface area contributed by atoms with Crippen LogP contribution in [-0.2, 0) is 218 Å². The lowest BCUT2D eigenvalue weighted by atomic mass is 10.3. The quantitative estimate of drug-likeness (QED) is 0.0297. The van der Waals surface area contributed by atoms with E-state index in [-0.39, 0.29) is 24.7 Å². The second-order valence-electron chi connectivity index (χ2n) is 29.9. The molecule has 0 aliphatic heterocycles. The molecule has 0 spiro atoms. The first kappa shape index (κ1) is 143. The maximum absolute atomic E-state index is 11.7. The third-order valence-corrected chi connectivity index (χ3v) is 18.1. The molecule has 0 radical (unpaired) electrons. The highest BCUT2D eigenvalue weighted by Gasteiger charge is 2.12. The van der Waals surface area contributed by atoms with Crippen molar-refractivity contribution in [2.75, 3.05) is 602 Å². The van der Waals surface area contributed by atoms with Crippen LogP contribution in [0, 0.1) is 10.1 Å². The molecule has 149 heavy (non-hydrogen) atoms. The molecule has 0 N–H and O–H groups in total. The molecule has 0 atom stereocenters. The molecule has 0 aliphatic carbocycles. The van der Waals surface area contributed by atoms with Crippen LogP contribution in [-0.4, -0.2) is 613 Å². The maximum Gasteiger partial charge on any atom is 0.513 e. The van der Waals surface area contributed by atoms with Gasteiger partial charge in [0.1, 0.15) is 12.4 Å². The average molecular weight is 2180 g/mol. The van der Waals surface area contributed by atoms with Crippen molar-refractivity contribution in [1.29, 1.82) is 0 Å². The minimum Gasteiger partial charge on any atom is -0.432 e. The second-order valence-corrected chi connectivity index (χ2v) is 29.9. The standard InChI is InChI=1S/C98H187NO50/c1-103-6-7-104-8-9-105-10-11-106-12-13-107-14-15-108-16-17-109-18-19-110-20-21-111-22-23-112-24-25-113-26-27-114-28-29-115-30-31-116-32-33-117-34-35-118-36-37-119-38-39-120-40-41-121-42-43-122-44-45-123-46-47-124-48-49-125-50-51-126-52-53-127-54-55-128-56-57-129-58-59-130-60-61-131-62-63-132-64-65-133-66-67-134-68-69-135-70-71-136-72-73-137-74-75-138-76-77-139-78-79-140-80-81-141-82-83-142-84-85-143-86-87-144-88-89-145-90-91-146-92-93-147-94-95-148-98(100)149-97-4-2-96(3-5-97)99(101)102/h2-5H,6-95H2,1H3. The number of benzene rings is 1. The molecule has 0 unspecified atom stereocenters. The van der Waals surface area contributed by atoms with Crippen LogP contribution < -0.4 is 4.74 Å². The lowest BCUT2D eigenvalue weighted by Crippen LogP contribution is -2.16. The van der Waals surface area contributed by atoms with E-state index in [0.29, 0.717) is 581 Å². The Kier molecular flexibility index (Phi) is 127. The van der Waals surface area contributed by atoms with E-state index in [1.165, 1.54) is 24.3 Å². The molecule has 51 heteroatoms. The van der Waals surface area contributed by atoms with Crippen LogP contribution in [0.3, 0.4) is 0 Å². The summed E-state index contributed by atoms with van der Waals surface area (Å²) in [6, 6.07) is 5.06. The van der Waals surface area contributed by atoms with Gasteiger partial charge >= 0.3 is 6.16 Å². The summed E-state index contributed by atoms with van der Waals surface area (Å²) in [5, 5.41) is 10.7. The molecule has 0 amide bonds. The Morgan fingerprint density at radius 3 is 0.329 bits per heavy atom. The van der Waals surface area contributed by atoms with Crippen molar-refractivity contribution < 1.29 is 232 Å². The Balaban J connectivity index is 1.58. The van der Waals surface area contributed by atoms with Gasteiger partial charge in [-0.3, -0.25) is 10.1 Å². The summed E-state index contributed by atoms with van der Waals surface area (Å²) in [6.07, 6.45) is -0.937. The van der Waals surface area contributed by atoms with E-state index < -0.39 is 11.1 Å². The summed E-state index contributed by atoms with van der Waals surface area (Å²) in [5.41, 5.74) is -0.114. The number of nitro benzene ring substituents is 1. The fraction of sp³-hybridized carbons (Fsp3) is 0.929. The maximum atomic E-state index is 11.7. The molecule has 0 fully saturated rings. The number of carbonyl (C=O) groups excluding carboxylic acids is 1. The third kappa shape index (κ3) is 127. The van der Waals surface area contributed by atoms with Crippen molar-refractivity contribution in [2.45, 2.75) is 0 Å². The largest absolute Gasteiger partial charge is 0.513 e. The molecule has 0 saturated heterocycles. The summed E-state index contributed by atoms with van der Waals surface area (Å²) < 4.78 is 258. The van der Waals surface area contributed by atoms with E-state index in [0.717, 1.165) is 0 Å². The molecule has 0 bridgehead atoms. The van der Waals surface area contributed by atoms with Gasteiger partial charge in [0.15, 0.2) is 0 Å². The molecule has 0 heterocycles. The van der Waals surface area contributed by atoms with Crippen LogP contribution in [0.5, 0.6) is 5.75 Å². The Hall–Kier alpha value is -3.91. The SMILES string of the molecule is COCCOCCOCCOCCOCCOCCOCCOCCOCCOCCOCCOCCOCCOCCOCCOCCOCCOCCOCCOCCOCCOCCOCCOCCOCCOCCOCCOCCOCCOCCOCCOCCOCCOCCOCCOCCOCCOCCOCCOCCOCCOCCOCCOCCOCCOC(=O)Oc1ccc([N+](=O)[O-])cc1. The van der Waals surface area contributed by atoms with Crippen LogP contribution in [0.25, 0.3) is 0 Å². The lowest BCUT2D eigenvalue weighted by Gasteiger charge is -2.09. The van der Waals surface area contributed by atoms with Gasteiger partial charge in [0.25, 0.3) is 5.69 Å². The van der Waals surface area contributed by atoms with Crippen molar-refractivity contribution in [3.63, 3.8) is 0 Å². The van der Waals surface area contributed by atoms with Gasteiger partial charge in [-0.05, 0) is 12.1 Å². The lowest BCUT2D eigenvalue weighted by molar-refractivity contribution is -0.384. The van der Waals surface area contributed by atoms with Gasteiger partial charge in [-0.1, -0.05) is 0 Å². The Morgan fingerprint density at radius 1 is 0.154 bits per heavy atom. The van der Waals surface area contributed by atoms with Gasteiger partial charge in [0.2, 0.25) is 0 Å². The molecular weight excluding hydrogens is 1990 g/mol. The Labute approximate surface area is 882 Å². The number of carbonyl (C=O) groups is 1. The van der Waals surface area contributed by atoms with E-state index in [9.17, 15) is 14.9 Å². The van der Waals surface area contributed by atoms with Crippen molar-refractivity contribution in [3.05, 3.63) is 34.4 Å². The molecule has 1 aromatic carbocycles. The Morgan fingerprint density at radius 2 is 0.242 bits per heavy atom. The van der Waals surface area contributed by atoms with Gasteiger partial charge in [0, 0.05) is 19.2 Å². The van der Waals surface area contributed by atoms with Gasteiger partial charge in [-0.25, -0.2) is 4.79 Å². The molecule has 51 nitrogen and oxygen atoms in total. The van der Waals surface area contributed by atoms with Crippen LogP contribution in [0.1, 0.15) is 0 Å². The molecule has 1 aromatic rings. The smallest absolute Gasteiger partial charge is 0.432 e. The highest BCUT2D eigenvalue weighted by Crippen LogP contribution is 2.18. The van der Waals surface area contributed by atoms with E-state index in [1.54, 1.807) is 7.11 Å². The van der Waals surface area contributed by atoms with Crippen LogP contribution in [0.2, 0.25) is 0 Å². The van der Waals surface area contributed by atoms with Gasteiger partial charge in [-0.15, -0.1) is 0 Å². The molecule has 1 rings (SSSR count). The summed E-state index contributed by atoms with van der Waals surface area (Å²) >= 11 is 0. The van der Waals surface area contributed by atoms with Crippen molar-refractivity contribution in [1.82, 2.24) is 0 Å². The summed E-state index contributed by atoms with van der Waals surface area (Å²) in [5.74, 6) is 0.132. The average Bonchev–Trinajstić information content (AvgIpc) is 0.888. The fourth-order valence-electron chi connectivity index (χ4n) is 10.6. The number of nitro groups is 1. The zero-order chi connectivity index (χ0) is 106. The number of hydrogen-bond acceptors (Lipinski definition) is 50.